The number of carbonyl (C=O) groups excluding carboxylic acids is 1. The van der Waals surface area contributed by atoms with E-state index in [0.717, 1.165) is 19.4 Å². The zero-order valence-electron chi connectivity index (χ0n) is 8.44. The van der Waals surface area contributed by atoms with E-state index >= 15 is 0 Å². The van der Waals surface area contributed by atoms with Gasteiger partial charge in [0.25, 0.3) is 0 Å². The van der Waals surface area contributed by atoms with Crippen LogP contribution >= 0.6 is 0 Å². The maximum atomic E-state index is 11.9. The fourth-order valence-corrected chi connectivity index (χ4v) is 2.32. The highest BCUT2D eigenvalue weighted by Gasteiger charge is 2.46. The number of nitrogens with one attached hydrogen (secondary N) is 2. The Morgan fingerprint density at radius 2 is 1.85 bits per heavy atom. The molecule has 2 fully saturated rings. The van der Waals surface area contributed by atoms with Gasteiger partial charge in [-0.25, -0.2) is 0 Å². The summed E-state index contributed by atoms with van der Waals surface area (Å²) in [6.07, 6.45) is 4.38. The molecule has 0 aromatic rings. The molecule has 0 bridgehead atoms. The summed E-state index contributed by atoms with van der Waals surface area (Å²) >= 11 is 0. The first-order valence-electron chi connectivity index (χ1n) is 5.12. The minimum atomic E-state index is -0.213. The molecule has 74 valence electrons. The summed E-state index contributed by atoms with van der Waals surface area (Å²) < 4.78 is 0. The molecule has 3 heteroatoms. The summed E-state index contributed by atoms with van der Waals surface area (Å²) in [6, 6.07) is 0. The van der Waals surface area contributed by atoms with Crippen molar-refractivity contribution in [3.8, 4) is 0 Å². The molecule has 0 radical (unpaired) electrons. The molecule has 1 aliphatic heterocycles. The van der Waals surface area contributed by atoms with Crippen molar-refractivity contribution in [3.05, 3.63) is 0 Å². The van der Waals surface area contributed by atoms with Gasteiger partial charge in [-0.2, -0.15) is 0 Å². The lowest BCUT2D eigenvalue weighted by atomic mass is 9.89. The van der Waals surface area contributed by atoms with E-state index in [1.165, 1.54) is 12.8 Å². The number of piperazine rings is 1. The topological polar surface area (TPSA) is 41.1 Å². The highest BCUT2D eigenvalue weighted by atomic mass is 16.2. The first kappa shape index (κ1) is 9.00. The molecule has 1 saturated heterocycles. The van der Waals surface area contributed by atoms with Crippen LogP contribution in [0.4, 0.5) is 0 Å². The van der Waals surface area contributed by atoms with Gasteiger partial charge in [0.2, 0.25) is 5.91 Å². The lowest BCUT2D eigenvalue weighted by molar-refractivity contribution is -0.131. The molecule has 1 heterocycles. The van der Waals surface area contributed by atoms with Crippen LogP contribution in [-0.4, -0.2) is 23.5 Å². The Kier molecular flexibility index (Phi) is 1.88. The van der Waals surface area contributed by atoms with Crippen molar-refractivity contribution >= 4 is 5.91 Å². The average Bonchev–Trinajstić information content (AvgIpc) is 2.47. The quantitative estimate of drug-likeness (QED) is 0.581. The molecule has 1 spiro atoms. The second kappa shape index (κ2) is 2.71. The highest BCUT2D eigenvalue weighted by molar-refractivity contribution is 5.88. The summed E-state index contributed by atoms with van der Waals surface area (Å²) in [5, 5.41) is 6.51. The summed E-state index contributed by atoms with van der Waals surface area (Å²) in [7, 11) is 0. The summed E-state index contributed by atoms with van der Waals surface area (Å²) in [6.45, 7) is 5.00. The molecule has 0 aromatic heterocycles. The monoisotopic (exact) mass is 182 g/mol. The van der Waals surface area contributed by atoms with Gasteiger partial charge >= 0.3 is 0 Å². The van der Waals surface area contributed by atoms with Crippen molar-refractivity contribution in [1.82, 2.24) is 10.6 Å². The van der Waals surface area contributed by atoms with E-state index < -0.39 is 0 Å². The Balaban J connectivity index is 2.13. The van der Waals surface area contributed by atoms with Crippen LogP contribution in [0.2, 0.25) is 0 Å². The van der Waals surface area contributed by atoms with Crippen molar-refractivity contribution in [2.24, 2.45) is 0 Å². The Hall–Kier alpha value is -0.570. The van der Waals surface area contributed by atoms with Gasteiger partial charge in [0.1, 0.15) is 0 Å². The first-order valence-corrected chi connectivity index (χ1v) is 5.12. The standard InChI is InChI=1S/C10H18N2O/c1-9(2)7-11-10(8(13)12-9)5-3-4-6-10/h11H,3-7H2,1-2H3,(H,12,13). The summed E-state index contributed by atoms with van der Waals surface area (Å²) in [5.74, 6) is 0.209. The minimum absolute atomic E-state index is 0.0784. The first-order chi connectivity index (χ1) is 6.04. The summed E-state index contributed by atoms with van der Waals surface area (Å²) in [4.78, 5) is 11.9. The van der Waals surface area contributed by atoms with E-state index in [1.807, 2.05) is 0 Å². The zero-order chi connectivity index (χ0) is 9.53. The lowest BCUT2D eigenvalue weighted by Crippen LogP contribution is -2.69. The zero-order valence-corrected chi connectivity index (χ0v) is 8.44. The predicted molar refractivity (Wildman–Crippen MR) is 51.4 cm³/mol. The Labute approximate surface area is 79.3 Å². The van der Waals surface area contributed by atoms with E-state index in [1.54, 1.807) is 0 Å². The van der Waals surface area contributed by atoms with Gasteiger partial charge in [-0.05, 0) is 26.7 Å². The smallest absolute Gasteiger partial charge is 0.240 e. The van der Waals surface area contributed by atoms with Crippen molar-refractivity contribution in [2.75, 3.05) is 6.54 Å². The Morgan fingerprint density at radius 1 is 1.23 bits per heavy atom. The second-order valence-electron chi connectivity index (χ2n) is 4.98. The van der Waals surface area contributed by atoms with Gasteiger partial charge in [0.15, 0.2) is 0 Å². The largest absolute Gasteiger partial charge is 0.348 e. The van der Waals surface area contributed by atoms with Gasteiger partial charge in [0.05, 0.1) is 5.54 Å². The van der Waals surface area contributed by atoms with Crippen molar-refractivity contribution < 1.29 is 4.79 Å². The van der Waals surface area contributed by atoms with Gasteiger partial charge < -0.3 is 10.6 Å². The maximum absolute atomic E-state index is 11.9. The fraction of sp³-hybridized carbons (Fsp3) is 0.900. The predicted octanol–water partition coefficient (Wildman–Crippen LogP) is 0.797. The molecule has 0 aromatic carbocycles. The minimum Gasteiger partial charge on any atom is -0.348 e. The summed E-state index contributed by atoms with van der Waals surface area (Å²) in [5.41, 5.74) is -0.291. The van der Waals surface area contributed by atoms with Crippen LogP contribution in [0.1, 0.15) is 39.5 Å². The molecule has 1 aliphatic carbocycles. The number of rotatable bonds is 0. The van der Waals surface area contributed by atoms with E-state index in [-0.39, 0.29) is 17.0 Å². The fourth-order valence-electron chi connectivity index (χ4n) is 2.32. The molecule has 2 aliphatic rings. The van der Waals surface area contributed by atoms with Crippen LogP contribution in [0.5, 0.6) is 0 Å². The molecule has 2 N–H and O–H groups in total. The number of hydrogen-bond donors (Lipinski definition) is 2. The van der Waals surface area contributed by atoms with Crippen molar-refractivity contribution in [1.29, 1.82) is 0 Å². The third kappa shape index (κ3) is 1.46. The van der Waals surface area contributed by atoms with Crippen LogP contribution in [0, 0.1) is 0 Å². The normalized spacial score (nSPS) is 30.5. The molecule has 1 saturated carbocycles. The number of amides is 1. The second-order valence-corrected chi connectivity index (χ2v) is 4.98. The Bertz CT molecular complexity index is 229. The van der Waals surface area contributed by atoms with Crippen LogP contribution in [0.3, 0.4) is 0 Å². The van der Waals surface area contributed by atoms with Gasteiger partial charge in [-0.3, -0.25) is 4.79 Å². The van der Waals surface area contributed by atoms with Crippen molar-refractivity contribution in [3.63, 3.8) is 0 Å². The third-order valence-electron chi connectivity index (χ3n) is 3.21. The SMILES string of the molecule is CC1(C)CNC2(CCCC2)C(=O)N1. The highest BCUT2D eigenvalue weighted by Crippen LogP contribution is 2.32. The van der Waals surface area contributed by atoms with E-state index in [4.69, 9.17) is 0 Å². The average molecular weight is 182 g/mol. The molecule has 3 nitrogen and oxygen atoms in total. The van der Waals surface area contributed by atoms with Crippen LogP contribution in [0.25, 0.3) is 0 Å². The molecule has 0 unspecified atom stereocenters. The Morgan fingerprint density at radius 3 is 2.38 bits per heavy atom. The van der Waals surface area contributed by atoms with E-state index in [9.17, 15) is 4.79 Å². The van der Waals surface area contributed by atoms with Gasteiger partial charge in [-0.15, -0.1) is 0 Å². The molecule has 0 atom stereocenters. The lowest BCUT2D eigenvalue weighted by Gasteiger charge is -2.42. The van der Waals surface area contributed by atoms with E-state index in [0.29, 0.717) is 0 Å². The van der Waals surface area contributed by atoms with E-state index in [2.05, 4.69) is 24.5 Å². The van der Waals surface area contributed by atoms with Gasteiger partial charge in [-0.1, -0.05) is 12.8 Å². The van der Waals surface area contributed by atoms with Gasteiger partial charge in [0, 0.05) is 12.1 Å². The molecular weight excluding hydrogens is 164 g/mol. The van der Waals surface area contributed by atoms with Crippen LogP contribution in [-0.2, 0) is 4.79 Å². The van der Waals surface area contributed by atoms with Crippen LogP contribution < -0.4 is 10.6 Å². The third-order valence-corrected chi connectivity index (χ3v) is 3.21. The molecule has 2 rings (SSSR count). The number of hydrogen-bond acceptors (Lipinski definition) is 2. The number of carbonyl (C=O) groups is 1. The van der Waals surface area contributed by atoms with Crippen molar-refractivity contribution in [2.45, 2.75) is 50.6 Å². The maximum Gasteiger partial charge on any atom is 0.240 e. The molecular formula is C10H18N2O. The molecule has 13 heavy (non-hydrogen) atoms. The molecule has 1 amide bonds. The van der Waals surface area contributed by atoms with Crippen LogP contribution in [0.15, 0.2) is 0 Å².